The number of thioether (sulfide) groups is 1. The number of aryl methyl sites for hydroxylation is 1. The van der Waals surface area contributed by atoms with Gasteiger partial charge in [0.1, 0.15) is 5.75 Å². The molecule has 2 atom stereocenters. The van der Waals surface area contributed by atoms with Crippen LogP contribution in [0.1, 0.15) is 63.4 Å². The van der Waals surface area contributed by atoms with Gasteiger partial charge in [0.05, 0.1) is 18.7 Å². The molecule has 2 aromatic rings. The molecule has 0 aliphatic carbocycles. The summed E-state index contributed by atoms with van der Waals surface area (Å²) >= 11 is 2.07. The number of hydrogen-bond donors (Lipinski definition) is 1. The molecule has 0 radical (unpaired) electrons. The van der Waals surface area contributed by atoms with E-state index in [4.69, 9.17) is 10.00 Å². The lowest BCUT2D eigenvalue weighted by Crippen LogP contribution is -2.42. The number of aliphatic hydroxyl groups is 1. The average Bonchev–Trinajstić information content (AvgIpc) is 2.90. The fourth-order valence-corrected chi connectivity index (χ4v) is 6.26. The van der Waals surface area contributed by atoms with Crippen molar-refractivity contribution in [3.63, 3.8) is 0 Å². The lowest BCUT2D eigenvalue weighted by atomic mass is 9.82. The van der Waals surface area contributed by atoms with Gasteiger partial charge >= 0.3 is 0 Å². The number of likely N-dealkylation sites (tertiary alicyclic amines) is 1. The van der Waals surface area contributed by atoms with Gasteiger partial charge in [-0.3, -0.25) is 4.98 Å². The van der Waals surface area contributed by atoms with Crippen molar-refractivity contribution in [1.29, 1.82) is 5.26 Å². The van der Waals surface area contributed by atoms with Gasteiger partial charge in [-0.15, -0.1) is 0 Å². The Kier molecular flexibility index (Phi) is 12.7. The molecule has 0 amide bonds. The number of nitrogens with zero attached hydrogens (tertiary/aromatic N) is 3. The quantitative estimate of drug-likeness (QED) is 0.283. The fraction of sp³-hybridized carbons (Fsp3) is 0.655. The maximum absolute atomic E-state index is 10.1. The molecule has 35 heavy (non-hydrogen) atoms. The van der Waals surface area contributed by atoms with Gasteiger partial charge in [0, 0.05) is 43.5 Å². The minimum atomic E-state index is 0.301. The Bertz CT molecular complexity index is 916. The van der Waals surface area contributed by atoms with E-state index < -0.39 is 0 Å². The maximum Gasteiger partial charge on any atom is 0.119 e. The van der Waals surface area contributed by atoms with Crippen molar-refractivity contribution in [2.24, 2.45) is 11.8 Å². The smallest absolute Gasteiger partial charge is 0.119 e. The van der Waals surface area contributed by atoms with Crippen LogP contribution in [0, 0.1) is 23.2 Å². The summed E-state index contributed by atoms with van der Waals surface area (Å²) in [6.07, 6.45) is 13.3. The second kappa shape index (κ2) is 16.0. The number of fused-ring (bicyclic) bond motifs is 1. The van der Waals surface area contributed by atoms with Crippen LogP contribution in [0.3, 0.4) is 0 Å². The molecule has 0 saturated carbocycles. The minimum Gasteiger partial charge on any atom is -0.497 e. The summed E-state index contributed by atoms with van der Waals surface area (Å²) in [4.78, 5) is 7.07. The summed E-state index contributed by atoms with van der Waals surface area (Å²) in [6.45, 7) is 3.64. The van der Waals surface area contributed by atoms with Crippen molar-refractivity contribution in [2.75, 3.05) is 44.9 Å². The van der Waals surface area contributed by atoms with Gasteiger partial charge in [-0.1, -0.05) is 19.3 Å². The number of aliphatic hydroxyl groups excluding tert-OH is 1. The zero-order valence-corrected chi connectivity index (χ0v) is 22.3. The third-order valence-corrected chi connectivity index (χ3v) is 8.45. The zero-order valence-electron chi connectivity index (χ0n) is 21.5. The van der Waals surface area contributed by atoms with Crippen molar-refractivity contribution < 1.29 is 9.84 Å². The summed E-state index contributed by atoms with van der Waals surface area (Å²) in [5.74, 6) is 4.33. The van der Waals surface area contributed by atoms with Crippen LogP contribution < -0.4 is 4.74 Å². The van der Waals surface area contributed by atoms with Gasteiger partial charge in [0.2, 0.25) is 0 Å². The van der Waals surface area contributed by atoms with E-state index >= 15 is 0 Å². The highest BCUT2D eigenvalue weighted by molar-refractivity contribution is 7.99. The van der Waals surface area contributed by atoms with Crippen molar-refractivity contribution >= 4 is 22.7 Å². The normalized spacial score (nSPS) is 18.5. The number of benzene rings is 1. The Morgan fingerprint density at radius 1 is 1.11 bits per heavy atom. The zero-order chi connectivity index (χ0) is 24.7. The predicted octanol–water partition coefficient (Wildman–Crippen LogP) is 6.09. The van der Waals surface area contributed by atoms with Crippen LogP contribution in [-0.2, 0) is 6.42 Å². The number of methoxy groups -OCH3 is 1. The van der Waals surface area contributed by atoms with Crippen LogP contribution in [0.5, 0.6) is 5.75 Å². The number of rotatable bonds is 16. The first-order valence-corrected chi connectivity index (χ1v) is 14.6. The van der Waals surface area contributed by atoms with E-state index in [1.54, 1.807) is 7.11 Å². The van der Waals surface area contributed by atoms with Crippen molar-refractivity contribution in [2.45, 2.75) is 64.2 Å². The molecule has 1 aromatic heterocycles. The first kappa shape index (κ1) is 27.8. The molecule has 0 bridgehead atoms. The van der Waals surface area contributed by atoms with E-state index in [1.807, 2.05) is 18.3 Å². The maximum atomic E-state index is 10.1. The highest BCUT2D eigenvalue weighted by Crippen LogP contribution is 2.29. The predicted molar refractivity (Wildman–Crippen MR) is 147 cm³/mol. The van der Waals surface area contributed by atoms with Gasteiger partial charge in [0.15, 0.2) is 0 Å². The number of nitriles is 1. The van der Waals surface area contributed by atoms with E-state index in [-0.39, 0.29) is 0 Å². The number of piperidine rings is 1. The Morgan fingerprint density at radius 3 is 2.80 bits per heavy atom. The molecule has 6 heteroatoms. The average molecular weight is 498 g/mol. The van der Waals surface area contributed by atoms with Crippen molar-refractivity contribution in [3.8, 4) is 11.8 Å². The Morgan fingerprint density at radius 2 is 1.97 bits per heavy atom. The molecule has 0 spiro atoms. The molecular formula is C29H43N3O2S. The second-order valence-electron chi connectivity index (χ2n) is 9.83. The van der Waals surface area contributed by atoms with E-state index in [9.17, 15) is 5.11 Å². The molecule has 2 heterocycles. The monoisotopic (exact) mass is 497 g/mol. The van der Waals surface area contributed by atoms with Gasteiger partial charge in [0.25, 0.3) is 0 Å². The molecule has 1 N–H and O–H groups in total. The largest absolute Gasteiger partial charge is 0.497 e. The van der Waals surface area contributed by atoms with Crippen LogP contribution in [-0.4, -0.2) is 59.8 Å². The second-order valence-corrected chi connectivity index (χ2v) is 11.1. The summed E-state index contributed by atoms with van der Waals surface area (Å²) < 4.78 is 5.41. The Labute approximate surface area is 216 Å². The van der Waals surface area contributed by atoms with Gasteiger partial charge in [-0.2, -0.15) is 17.0 Å². The van der Waals surface area contributed by atoms with Crippen LogP contribution in [0.25, 0.3) is 10.9 Å². The first-order chi connectivity index (χ1) is 17.2. The van der Waals surface area contributed by atoms with E-state index in [1.165, 1.54) is 61.0 Å². The molecule has 1 aliphatic rings. The lowest BCUT2D eigenvalue weighted by molar-refractivity contribution is 0.0710. The molecule has 1 aromatic carbocycles. The van der Waals surface area contributed by atoms with Gasteiger partial charge in [-0.05, 0) is 92.5 Å². The molecular weight excluding hydrogens is 454 g/mol. The third kappa shape index (κ3) is 9.29. The molecule has 1 aliphatic heterocycles. The van der Waals surface area contributed by atoms with E-state index in [0.717, 1.165) is 50.2 Å². The number of ether oxygens (including phenoxy) is 1. The molecule has 5 nitrogen and oxygen atoms in total. The first-order valence-electron chi connectivity index (χ1n) is 13.4. The van der Waals surface area contributed by atoms with Crippen molar-refractivity contribution in [3.05, 3.63) is 36.0 Å². The Hall–Kier alpha value is -1.81. The number of hydrogen-bond acceptors (Lipinski definition) is 6. The van der Waals surface area contributed by atoms with Crippen LogP contribution >= 0.6 is 11.8 Å². The molecule has 3 rings (SSSR count). The molecule has 1 fully saturated rings. The molecule has 1 saturated heterocycles. The number of aromatic nitrogens is 1. The van der Waals surface area contributed by atoms with Gasteiger partial charge < -0.3 is 14.7 Å². The summed E-state index contributed by atoms with van der Waals surface area (Å²) in [7, 11) is 1.71. The van der Waals surface area contributed by atoms with Gasteiger partial charge in [-0.25, -0.2) is 0 Å². The Balaban J connectivity index is 1.33. The highest BCUT2D eigenvalue weighted by Gasteiger charge is 2.28. The van der Waals surface area contributed by atoms with E-state index in [2.05, 4.69) is 39.8 Å². The minimum absolute atomic E-state index is 0.301. The van der Waals surface area contributed by atoms with Crippen LogP contribution in [0.4, 0.5) is 0 Å². The van der Waals surface area contributed by atoms with Crippen LogP contribution in [0.15, 0.2) is 30.5 Å². The number of unbranched alkanes of at least 4 members (excludes halogenated alkanes) is 5. The SMILES string of the molecule is COc1ccc2nccc(CCC[C@@H]3CCN(CCSCCCCCCCC#N)C[C@@H]3CO)c2c1. The summed E-state index contributed by atoms with van der Waals surface area (Å²) in [6, 6.07) is 10.5. The number of pyridine rings is 1. The van der Waals surface area contributed by atoms with E-state index in [0.29, 0.717) is 24.9 Å². The molecule has 0 unspecified atom stereocenters. The third-order valence-electron chi connectivity index (χ3n) is 7.40. The van der Waals surface area contributed by atoms with Crippen LogP contribution in [0.2, 0.25) is 0 Å². The highest BCUT2D eigenvalue weighted by atomic mass is 32.2. The summed E-state index contributed by atoms with van der Waals surface area (Å²) in [5.41, 5.74) is 2.37. The van der Waals surface area contributed by atoms with Crippen molar-refractivity contribution in [1.82, 2.24) is 9.88 Å². The fourth-order valence-electron chi connectivity index (χ4n) is 5.26. The molecule has 192 valence electrons. The lowest BCUT2D eigenvalue weighted by Gasteiger charge is -2.38. The standard InChI is InChI=1S/C29H43N3O2S/c1-34-27-11-12-29-28(21-27)25(13-16-31-29)10-8-9-24-14-17-32(22-26(24)23-33)18-20-35-19-7-5-3-2-4-6-15-30/h11-13,16,21,24,26,33H,2-10,14,17-20,22-23H2,1H3/t24-,26-/m1/s1. The topological polar surface area (TPSA) is 69.4 Å². The summed E-state index contributed by atoms with van der Waals surface area (Å²) in [5, 5.41) is 19.8.